The Morgan fingerprint density at radius 3 is 2.29 bits per heavy atom. The van der Waals surface area contributed by atoms with Crippen molar-refractivity contribution in [1.82, 2.24) is 14.8 Å². The molecule has 0 atom stereocenters. The van der Waals surface area contributed by atoms with E-state index in [0.717, 1.165) is 12.1 Å². The van der Waals surface area contributed by atoms with E-state index in [1.165, 1.54) is 42.0 Å². The first-order valence-electron chi connectivity index (χ1n) is 6.00. The van der Waals surface area contributed by atoms with Crippen LogP contribution in [0, 0.1) is 0 Å². The van der Waals surface area contributed by atoms with Crippen LogP contribution in [0.1, 0.15) is 11.1 Å². The number of ether oxygens (including phenoxy) is 2. The van der Waals surface area contributed by atoms with Crippen molar-refractivity contribution in [2.45, 2.75) is 18.5 Å². The van der Waals surface area contributed by atoms with Gasteiger partial charge < -0.3 is 9.47 Å². The molecule has 0 N–H and O–H groups in total. The third-order valence-electron chi connectivity index (χ3n) is 3.06. The van der Waals surface area contributed by atoms with Gasteiger partial charge in [-0.15, -0.1) is 0 Å². The molecule has 0 radical (unpaired) electrons. The van der Waals surface area contributed by atoms with Gasteiger partial charge in [0, 0.05) is 5.56 Å². The van der Waals surface area contributed by atoms with E-state index in [4.69, 9.17) is 9.47 Å². The maximum atomic E-state index is 12.6. The highest BCUT2D eigenvalue weighted by molar-refractivity contribution is 5.28. The first-order chi connectivity index (χ1) is 10.00. The molecule has 0 amide bonds. The lowest BCUT2D eigenvalue weighted by Crippen LogP contribution is -2.33. The Hall–Kier alpha value is -2.51. The topological polar surface area (TPSA) is 49.2 Å². The van der Waals surface area contributed by atoms with E-state index in [9.17, 15) is 13.2 Å². The molecule has 0 saturated heterocycles. The fraction of sp³-hybridized carbons (Fsp3) is 0.231. The van der Waals surface area contributed by atoms with Crippen LogP contribution in [0.4, 0.5) is 13.2 Å². The molecular formula is C13H10F3N3O2. The van der Waals surface area contributed by atoms with E-state index in [2.05, 4.69) is 10.1 Å². The summed E-state index contributed by atoms with van der Waals surface area (Å²) in [6, 6.07) is 4.63. The summed E-state index contributed by atoms with van der Waals surface area (Å²) in [5.41, 5.74) is -0.274. The second kappa shape index (κ2) is 4.80. The van der Waals surface area contributed by atoms with Gasteiger partial charge in [0.1, 0.15) is 31.7 Å². The van der Waals surface area contributed by atoms with E-state index >= 15 is 0 Å². The van der Waals surface area contributed by atoms with E-state index in [1.54, 1.807) is 0 Å². The standard InChI is InChI=1S/C13H10F3N3O2/c14-13(15,16)11-3-1-10(2-4-11)12(20-5-6-21-12)7-19-9-17-8-18-19/h1-6,8-9H,7H2. The Morgan fingerprint density at radius 1 is 1.10 bits per heavy atom. The third kappa shape index (κ3) is 2.56. The number of rotatable bonds is 3. The highest BCUT2D eigenvalue weighted by Gasteiger charge is 2.40. The molecule has 2 aromatic rings. The van der Waals surface area contributed by atoms with Crippen molar-refractivity contribution in [3.8, 4) is 0 Å². The fourth-order valence-electron chi connectivity index (χ4n) is 2.05. The number of hydrogen-bond donors (Lipinski definition) is 0. The smallest absolute Gasteiger partial charge is 0.416 e. The van der Waals surface area contributed by atoms with Gasteiger partial charge in [0.05, 0.1) is 5.56 Å². The van der Waals surface area contributed by atoms with Gasteiger partial charge in [-0.05, 0) is 12.1 Å². The molecule has 5 nitrogen and oxygen atoms in total. The number of hydrogen-bond acceptors (Lipinski definition) is 4. The lowest BCUT2D eigenvalue weighted by molar-refractivity contribution is -0.162. The van der Waals surface area contributed by atoms with Crippen LogP contribution in [0.3, 0.4) is 0 Å². The van der Waals surface area contributed by atoms with Crippen LogP contribution in [0.5, 0.6) is 0 Å². The SMILES string of the molecule is FC(F)(F)c1ccc(C2(Cn3cncn3)OC=CO2)cc1. The first kappa shape index (κ1) is 13.5. The molecule has 21 heavy (non-hydrogen) atoms. The van der Waals surface area contributed by atoms with Crippen molar-refractivity contribution >= 4 is 0 Å². The van der Waals surface area contributed by atoms with Gasteiger partial charge in [-0.2, -0.15) is 18.3 Å². The molecule has 8 heteroatoms. The summed E-state index contributed by atoms with van der Waals surface area (Å²) in [5.74, 6) is -1.24. The molecule has 0 spiro atoms. The summed E-state index contributed by atoms with van der Waals surface area (Å²) in [5, 5.41) is 3.94. The summed E-state index contributed by atoms with van der Waals surface area (Å²) in [6.07, 6.45) is 1.12. The minimum absolute atomic E-state index is 0.158. The molecule has 110 valence electrons. The van der Waals surface area contributed by atoms with Crippen molar-refractivity contribution in [2.24, 2.45) is 0 Å². The number of nitrogens with zero attached hydrogens (tertiary/aromatic N) is 3. The second-order valence-electron chi connectivity index (χ2n) is 4.43. The molecule has 1 aromatic carbocycles. The average Bonchev–Trinajstić information content (AvgIpc) is 3.11. The predicted octanol–water partition coefficient (Wildman–Crippen LogP) is 2.67. The zero-order valence-corrected chi connectivity index (χ0v) is 10.6. The van der Waals surface area contributed by atoms with Crippen LogP contribution in [0.25, 0.3) is 0 Å². The van der Waals surface area contributed by atoms with E-state index < -0.39 is 17.5 Å². The number of halogens is 3. The van der Waals surface area contributed by atoms with Gasteiger partial charge >= 0.3 is 6.18 Å². The van der Waals surface area contributed by atoms with Gasteiger partial charge in [-0.3, -0.25) is 0 Å². The zero-order valence-electron chi connectivity index (χ0n) is 10.6. The van der Waals surface area contributed by atoms with Crippen LogP contribution in [0.2, 0.25) is 0 Å². The van der Waals surface area contributed by atoms with E-state index in [1.807, 2.05) is 0 Å². The third-order valence-corrected chi connectivity index (χ3v) is 3.06. The molecule has 0 saturated carbocycles. The molecule has 1 aliphatic heterocycles. The lowest BCUT2D eigenvalue weighted by atomic mass is 10.0. The molecule has 0 fully saturated rings. The fourth-order valence-corrected chi connectivity index (χ4v) is 2.05. The van der Waals surface area contributed by atoms with E-state index in [0.29, 0.717) is 5.56 Å². The average molecular weight is 297 g/mol. The van der Waals surface area contributed by atoms with Gasteiger partial charge in [0.25, 0.3) is 5.79 Å². The Morgan fingerprint density at radius 2 is 1.76 bits per heavy atom. The Labute approximate surface area is 117 Å². The minimum atomic E-state index is -4.38. The zero-order chi connectivity index (χ0) is 14.9. The maximum Gasteiger partial charge on any atom is 0.416 e. The van der Waals surface area contributed by atoms with Crippen molar-refractivity contribution < 1.29 is 22.6 Å². The van der Waals surface area contributed by atoms with Gasteiger partial charge in [-0.1, -0.05) is 12.1 Å². The molecule has 0 unspecified atom stereocenters. The van der Waals surface area contributed by atoms with Crippen molar-refractivity contribution in [3.63, 3.8) is 0 Å². The highest BCUT2D eigenvalue weighted by Crippen LogP contribution is 2.36. The Kier molecular flexibility index (Phi) is 3.08. The molecule has 0 aliphatic carbocycles. The van der Waals surface area contributed by atoms with Crippen LogP contribution in [-0.2, 0) is 28.0 Å². The summed E-state index contributed by atoms with van der Waals surface area (Å²) in [4.78, 5) is 3.81. The summed E-state index contributed by atoms with van der Waals surface area (Å²) >= 11 is 0. The number of benzene rings is 1. The predicted molar refractivity (Wildman–Crippen MR) is 64.5 cm³/mol. The second-order valence-corrected chi connectivity index (χ2v) is 4.43. The molecule has 1 aliphatic rings. The molecule has 1 aromatic heterocycles. The van der Waals surface area contributed by atoms with Gasteiger partial charge in [0.2, 0.25) is 0 Å². The highest BCUT2D eigenvalue weighted by atomic mass is 19.4. The Balaban J connectivity index is 1.91. The van der Waals surface area contributed by atoms with Gasteiger partial charge in [0.15, 0.2) is 0 Å². The molecule has 0 bridgehead atoms. The first-order valence-corrected chi connectivity index (χ1v) is 6.00. The van der Waals surface area contributed by atoms with Crippen LogP contribution < -0.4 is 0 Å². The maximum absolute atomic E-state index is 12.6. The number of alkyl halides is 3. The molecule has 3 rings (SSSR count). The quantitative estimate of drug-likeness (QED) is 0.874. The van der Waals surface area contributed by atoms with Crippen LogP contribution >= 0.6 is 0 Å². The number of aromatic nitrogens is 3. The normalized spacial score (nSPS) is 16.5. The van der Waals surface area contributed by atoms with Crippen molar-refractivity contribution in [3.05, 3.63) is 60.6 Å². The largest absolute Gasteiger partial charge is 0.451 e. The Bertz CT molecular complexity index is 628. The van der Waals surface area contributed by atoms with Crippen molar-refractivity contribution in [1.29, 1.82) is 0 Å². The van der Waals surface area contributed by atoms with Crippen LogP contribution in [-0.4, -0.2) is 14.8 Å². The molecule has 2 heterocycles. The molecular weight excluding hydrogens is 287 g/mol. The van der Waals surface area contributed by atoms with Crippen molar-refractivity contribution in [2.75, 3.05) is 0 Å². The minimum Gasteiger partial charge on any atom is -0.451 e. The van der Waals surface area contributed by atoms with Crippen LogP contribution in [0.15, 0.2) is 49.4 Å². The lowest BCUT2D eigenvalue weighted by Gasteiger charge is -2.28. The summed E-state index contributed by atoms with van der Waals surface area (Å²) < 4.78 is 50.2. The van der Waals surface area contributed by atoms with Gasteiger partial charge in [-0.25, -0.2) is 9.67 Å². The summed E-state index contributed by atoms with van der Waals surface area (Å²) in [7, 11) is 0. The summed E-state index contributed by atoms with van der Waals surface area (Å²) in [6.45, 7) is 0.158. The van der Waals surface area contributed by atoms with E-state index in [-0.39, 0.29) is 6.54 Å². The monoisotopic (exact) mass is 297 g/mol.